The van der Waals surface area contributed by atoms with Gasteiger partial charge in [0.15, 0.2) is 0 Å². The number of aromatic amines is 1. The zero-order valence-corrected chi connectivity index (χ0v) is 12.5. The van der Waals surface area contributed by atoms with Crippen molar-refractivity contribution in [2.45, 2.75) is 0 Å². The fraction of sp³-hybridized carbons (Fsp3) is 0.0667. The molecule has 0 atom stereocenters. The number of nitrogens with one attached hydrogen (secondary N) is 2. The summed E-state index contributed by atoms with van der Waals surface area (Å²) in [5, 5.41) is 0.790. The third kappa shape index (κ3) is 2.99. The summed E-state index contributed by atoms with van der Waals surface area (Å²) in [4.78, 5) is 18.5. The van der Waals surface area contributed by atoms with Crippen molar-refractivity contribution >= 4 is 26.6 Å². The van der Waals surface area contributed by atoms with E-state index in [1.165, 1.54) is 6.07 Å². The quantitative estimate of drug-likeness (QED) is 0.773. The zero-order chi connectivity index (χ0) is 15.7. The van der Waals surface area contributed by atoms with Crippen LogP contribution in [0.1, 0.15) is 0 Å². The van der Waals surface area contributed by atoms with Crippen LogP contribution in [0.15, 0.2) is 53.5 Å². The van der Waals surface area contributed by atoms with E-state index in [-0.39, 0.29) is 5.56 Å². The summed E-state index contributed by atoms with van der Waals surface area (Å²) in [7, 11) is -3.34. The first-order valence-electron chi connectivity index (χ1n) is 6.49. The first-order valence-corrected chi connectivity index (χ1v) is 8.38. The van der Waals surface area contributed by atoms with Crippen molar-refractivity contribution in [2.24, 2.45) is 0 Å². The van der Waals surface area contributed by atoms with Crippen LogP contribution < -0.4 is 10.3 Å². The number of anilines is 1. The van der Waals surface area contributed by atoms with Gasteiger partial charge < -0.3 is 4.98 Å². The molecule has 0 amide bonds. The molecule has 0 bridgehead atoms. The Morgan fingerprint density at radius 1 is 1.14 bits per heavy atom. The molecule has 7 heteroatoms. The second-order valence-corrected chi connectivity index (χ2v) is 6.65. The summed E-state index contributed by atoms with van der Waals surface area (Å²) in [6.07, 6.45) is 2.70. The molecule has 112 valence electrons. The lowest BCUT2D eigenvalue weighted by atomic mass is 10.1. The van der Waals surface area contributed by atoms with E-state index in [1.54, 1.807) is 36.5 Å². The van der Waals surface area contributed by atoms with Gasteiger partial charge in [-0.1, -0.05) is 12.1 Å². The fourth-order valence-corrected chi connectivity index (χ4v) is 2.81. The zero-order valence-electron chi connectivity index (χ0n) is 11.7. The molecule has 0 spiro atoms. The SMILES string of the molecule is CS(=O)(=O)Nc1cccc(-c2nccc3[nH]c(=O)ccc23)c1. The molecule has 2 N–H and O–H groups in total. The molecule has 0 aliphatic rings. The van der Waals surface area contributed by atoms with Crippen molar-refractivity contribution in [3.05, 3.63) is 59.0 Å². The monoisotopic (exact) mass is 315 g/mol. The number of aromatic nitrogens is 2. The van der Waals surface area contributed by atoms with Crippen LogP contribution in [0.3, 0.4) is 0 Å². The summed E-state index contributed by atoms with van der Waals surface area (Å²) in [5.74, 6) is 0. The topological polar surface area (TPSA) is 91.9 Å². The highest BCUT2D eigenvalue weighted by Gasteiger charge is 2.08. The molecule has 3 rings (SSSR count). The van der Waals surface area contributed by atoms with Crippen LogP contribution >= 0.6 is 0 Å². The van der Waals surface area contributed by atoms with Crippen molar-refractivity contribution in [3.63, 3.8) is 0 Å². The van der Waals surface area contributed by atoms with Gasteiger partial charge in [-0.05, 0) is 24.3 Å². The Labute approximate surface area is 126 Å². The molecule has 0 fully saturated rings. The predicted molar refractivity (Wildman–Crippen MR) is 86.3 cm³/mol. The highest BCUT2D eigenvalue weighted by Crippen LogP contribution is 2.26. The molecule has 0 aliphatic heterocycles. The summed E-state index contributed by atoms with van der Waals surface area (Å²) in [6.45, 7) is 0. The van der Waals surface area contributed by atoms with Crippen LogP contribution in [0.25, 0.3) is 22.2 Å². The maximum atomic E-state index is 11.4. The van der Waals surface area contributed by atoms with Gasteiger partial charge in [0.1, 0.15) is 0 Å². The molecule has 2 heterocycles. The fourth-order valence-electron chi connectivity index (χ4n) is 2.26. The van der Waals surface area contributed by atoms with E-state index in [9.17, 15) is 13.2 Å². The van der Waals surface area contributed by atoms with Crippen LogP contribution in [-0.4, -0.2) is 24.6 Å². The van der Waals surface area contributed by atoms with Crippen LogP contribution in [0.2, 0.25) is 0 Å². The van der Waals surface area contributed by atoms with E-state index in [0.29, 0.717) is 16.9 Å². The lowest BCUT2D eigenvalue weighted by Gasteiger charge is -2.08. The number of H-pyrrole nitrogens is 1. The highest BCUT2D eigenvalue weighted by molar-refractivity contribution is 7.92. The second kappa shape index (κ2) is 5.27. The standard InChI is InChI=1S/C15H13N3O3S/c1-22(20,21)18-11-4-2-3-10(9-11)15-12-5-6-14(19)17-13(12)7-8-16-15/h2-9,18H,1H3,(H,17,19). The summed E-state index contributed by atoms with van der Waals surface area (Å²) >= 11 is 0. The van der Waals surface area contributed by atoms with Crippen molar-refractivity contribution in [3.8, 4) is 11.3 Å². The largest absolute Gasteiger partial charge is 0.322 e. The number of rotatable bonds is 3. The van der Waals surface area contributed by atoms with E-state index in [4.69, 9.17) is 0 Å². The van der Waals surface area contributed by atoms with Crippen LogP contribution in [0.5, 0.6) is 0 Å². The maximum Gasteiger partial charge on any atom is 0.248 e. The summed E-state index contributed by atoms with van der Waals surface area (Å²) < 4.78 is 25.1. The molecular weight excluding hydrogens is 302 g/mol. The van der Waals surface area contributed by atoms with Crippen molar-refractivity contribution in [1.29, 1.82) is 0 Å². The lowest BCUT2D eigenvalue weighted by molar-refractivity contribution is 0.607. The average Bonchev–Trinajstić information content (AvgIpc) is 2.44. The van der Waals surface area contributed by atoms with Crippen molar-refractivity contribution in [1.82, 2.24) is 9.97 Å². The van der Waals surface area contributed by atoms with Gasteiger partial charge >= 0.3 is 0 Å². The average molecular weight is 315 g/mol. The van der Waals surface area contributed by atoms with E-state index in [0.717, 1.165) is 17.2 Å². The van der Waals surface area contributed by atoms with Gasteiger partial charge in [0.05, 0.1) is 17.5 Å². The van der Waals surface area contributed by atoms with Gasteiger partial charge in [0, 0.05) is 28.9 Å². The number of hydrogen-bond donors (Lipinski definition) is 2. The molecule has 0 saturated heterocycles. The van der Waals surface area contributed by atoms with E-state index in [1.807, 2.05) is 6.07 Å². The number of hydrogen-bond acceptors (Lipinski definition) is 4. The molecule has 0 aliphatic carbocycles. The molecule has 6 nitrogen and oxygen atoms in total. The summed E-state index contributed by atoms with van der Waals surface area (Å²) in [5.41, 5.74) is 2.39. The van der Waals surface area contributed by atoms with Crippen LogP contribution in [0.4, 0.5) is 5.69 Å². The second-order valence-electron chi connectivity index (χ2n) is 4.90. The molecule has 1 aromatic carbocycles. The molecule has 3 aromatic rings. The first kappa shape index (κ1) is 14.3. The minimum absolute atomic E-state index is 0.183. The molecule has 2 aromatic heterocycles. The third-order valence-corrected chi connectivity index (χ3v) is 3.70. The Kier molecular flexibility index (Phi) is 3.42. The van der Waals surface area contributed by atoms with Crippen molar-refractivity contribution in [2.75, 3.05) is 11.0 Å². The first-order chi connectivity index (χ1) is 10.4. The van der Waals surface area contributed by atoms with Crippen LogP contribution in [0, 0.1) is 0 Å². The van der Waals surface area contributed by atoms with Gasteiger partial charge in [-0.25, -0.2) is 8.42 Å². The molecule has 0 unspecified atom stereocenters. The predicted octanol–water partition coefficient (Wildman–Crippen LogP) is 1.96. The van der Waals surface area contributed by atoms with Crippen LogP contribution in [-0.2, 0) is 10.0 Å². The van der Waals surface area contributed by atoms with E-state index < -0.39 is 10.0 Å². The molecular formula is C15H13N3O3S. The Hall–Kier alpha value is -2.67. The van der Waals surface area contributed by atoms with E-state index in [2.05, 4.69) is 14.7 Å². The van der Waals surface area contributed by atoms with Gasteiger partial charge in [-0.15, -0.1) is 0 Å². The maximum absolute atomic E-state index is 11.4. The van der Waals surface area contributed by atoms with Gasteiger partial charge in [-0.2, -0.15) is 0 Å². The number of benzene rings is 1. The number of fused-ring (bicyclic) bond motifs is 1. The van der Waals surface area contributed by atoms with Gasteiger partial charge in [0.2, 0.25) is 15.6 Å². The normalized spacial score (nSPS) is 11.5. The Bertz CT molecular complexity index is 1010. The number of sulfonamides is 1. The molecule has 0 radical (unpaired) electrons. The molecule has 22 heavy (non-hydrogen) atoms. The molecule has 0 saturated carbocycles. The van der Waals surface area contributed by atoms with Gasteiger partial charge in [-0.3, -0.25) is 14.5 Å². The highest BCUT2D eigenvalue weighted by atomic mass is 32.2. The van der Waals surface area contributed by atoms with Crippen molar-refractivity contribution < 1.29 is 8.42 Å². The minimum atomic E-state index is -3.34. The third-order valence-electron chi connectivity index (χ3n) is 3.09. The van der Waals surface area contributed by atoms with Gasteiger partial charge in [0.25, 0.3) is 0 Å². The Morgan fingerprint density at radius 3 is 2.73 bits per heavy atom. The smallest absolute Gasteiger partial charge is 0.248 e. The lowest BCUT2D eigenvalue weighted by Crippen LogP contribution is -2.09. The minimum Gasteiger partial charge on any atom is -0.322 e. The Balaban J connectivity index is 2.16. The van der Waals surface area contributed by atoms with E-state index >= 15 is 0 Å². The number of nitrogens with zero attached hydrogens (tertiary/aromatic N) is 1. The summed E-state index contributed by atoms with van der Waals surface area (Å²) in [6, 6.07) is 11.8. The Morgan fingerprint density at radius 2 is 1.95 bits per heavy atom. The number of pyridine rings is 2.